The number of hydrogen-bond donors (Lipinski definition) is 2. The van der Waals surface area contributed by atoms with E-state index in [4.69, 9.17) is 9.47 Å². The van der Waals surface area contributed by atoms with E-state index >= 15 is 0 Å². The predicted octanol–water partition coefficient (Wildman–Crippen LogP) is 1.05. The Bertz CT molecular complexity index is 1390. The molecule has 0 radical (unpaired) electrons. The Morgan fingerprint density at radius 2 is 2.24 bits per heavy atom. The van der Waals surface area contributed by atoms with Crippen LogP contribution in [0.4, 0.5) is 5.82 Å². The zero-order valence-corrected chi connectivity index (χ0v) is 18.6. The zero-order chi connectivity index (χ0) is 23.4. The molecule has 0 aliphatic carbocycles. The van der Waals surface area contributed by atoms with Crippen molar-refractivity contribution in [2.45, 2.75) is 6.54 Å². The van der Waals surface area contributed by atoms with E-state index in [1.165, 1.54) is 13.3 Å². The number of sulfonamides is 1. The molecule has 0 atom stereocenters. The van der Waals surface area contributed by atoms with Crippen LogP contribution in [0.25, 0.3) is 10.9 Å². The smallest absolute Gasteiger partial charge is 0.281 e. The summed E-state index contributed by atoms with van der Waals surface area (Å²) in [5, 5.41) is 4.90. The van der Waals surface area contributed by atoms with Gasteiger partial charge in [-0.1, -0.05) is 6.58 Å². The number of nitrogens with one attached hydrogen (secondary N) is 2. The Hall–Kier alpha value is -3.77. The molecule has 0 unspecified atom stereocenters. The summed E-state index contributed by atoms with van der Waals surface area (Å²) < 4.78 is 38.4. The SMILES string of the molecule is C=CS(=O)(=O)NCCOc1ccc2c3n(c(=NC(=O)c4cccnc4)nc2c1OC)CCN3. The summed E-state index contributed by atoms with van der Waals surface area (Å²) in [5.74, 6) is 1.03. The summed E-state index contributed by atoms with van der Waals surface area (Å²) in [6.45, 7) is 4.61. The third kappa shape index (κ3) is 4.71. The molecule has 0 saturated carbocycles. The number of fused-ring (bicyclic) bond motifs is 3. The lowest BCUT2D eigenvalue weighted by atomic mass is 10.2. The standard InChI is InChI=1S/C21H22N6O5S/c1-3-33(29,30)24-10-12-32-16-7-6-15-17(18(16)31-2)25-21(27-11-9-23-19(15)27)26-20(28)14-5-4-8-22-13-14/h3-8,13,23-24H,1,9-12H2,2H3. The number of benzene rings is 1. The topological polar surface area (TPSA) is 137 Å². The van der Waals surface area contributed by atoms with Crippen LogP contribution >= 0.6 is 0 Å². The maximum Gasteiger partial charge on any atom is 0.281 e. The maximum atomic E-state index is 12.7. The monoisotopic (exact) mass is 470 g/mol. The van der Waals surface area contributed by atoms with Gasteiger partial charge in [-0.2, -0.15) is 4.99 Å². The van der Waals surface area contributed by atoms with Crippen molar-refractivity contribution >= 4 is 32.7 Å². The Morgan fingerprint density at radius 1 is 1.39 bits per heavy atom. The summed E-state index contributed by atoms with van der Waals surface area (Å²) in [5.41, 5.74) is 1.04. The average Bonchev–Trinajstić information content (AvgIpc) is 3.33. The molecular formula is C21H22N6O5S. The third-order valence-electron chi connectivity index (χ3n) is 4.90. The van der Waals surface area contributed by atoms with Crippen LogP contribution in [0.1, 0.15) is 10.4 Å². The minimum atomic E-state index is -3.54. The molecule has 172 valence electrons. The highest BCUT2D eigenvalue weighted by Gasteiger charge is 2.21. The van der Waals surface area contributed by atoms with E-state index in [-0.39, 0.29) is 18.8 Å². The number of carbonyl (C=O) groups excluding carboxylic acids is 1. The van der Waals surface area contributed by atoms with Gasteiger partial charge in [0.05, 0.1) is 12.7 Å². The molecular weight excluding hydrogens is 448 g/mol. The first-order valence-electron chi connectivity index (χ1n) is 10.0. The fourth-order valence-electron chi connectivity index (χ4n) is 3.39. The van der Waals surface area contributed by atoms with Crippen LogP contribution < -0.4 is 25.1 Å². The van der Waals surface area contributed by atoms with Crippen LogP contribution in [0.3, 0.4) is 0 Å². The van der Waals surface area contributed by atoms with Gasteiger partial charge in [0.2, 0.25) is 15.6 Å². The Kier molecular flexibility index (Phi) is 6.38. The highest BCUT2D eigenvalue weighted by Crippen LogP contribution is 2.37. The molecule has 1 aliphatic heterocycles. The summed E-state index contributed by atoms with van der Waals surface area (Å²) in [4.78, 5) is 25.4. The average molecular weight is 471 g/mol. The van der Waals surface area contributed by atoms with E-state index in [0.29, 0.717) is 35.7 Å². The minimum absolute atomic E-state index is 0.0464. The third-order valence-corrected chi connectivity index (χ3v) is 5.94. The van der Waals surface area contributed by atoms with Gasteiger partial charge in [-0.15, -0.1) is 0 Å². The molecule has 11 nitrogen and oxygen atoms in total. The first-order valence-corrected chi connectivity index (χ1v) is 11.6. The van der Waals surface area contributed by atoms with Crippen LogP contribution in [-0.2, 0) is 16.6 Å². The van der Waals surface area contributed by atoms with Crippen LogP contribution in [0.5, 0.6) is 11.5 Å². The van der Waals surface area contributed by atoms with E-state index in [0.717, 1.165) is 16.6 Å². The van der Waals surface area contributed by atoms with Gasteiger partial charge in [0, 0.05) is 42.8 Å². The van der Waals surface area contributed by atoms with Gasteiger partial charge in [-0.25, -0.2) is 18.1 Å². The number of hydrogen-bond acceptors (Lipinski definition) is 8. The normalized spacial score (nSPS) is 13.4. The molecule has 12 heteroatoms. The number of amides is 1. The number of ether oxygens (including phenoxy) is 2. The molecule has 0 fully saturated rings. The van der Waals surface area contributed by atoms with Gasteiger partial charge in [-0.3, -0.25) is 14.3 Å². The number of methoxy groups -OCH3 is 1. The Balaban J connectivity index is 1.73. The van der Waals surface area contributed by atoms with Gasteiger partial charge in [-0.05, 0) is 24.3 Å². The molecule has 1 aliphatic rings. The highest BCUT2D eigenvalue weighted by molar-refractivity contribution is 7.92. The molecule has 4 rings (SSSR count). The predicted molar refractivity (Wildman–Crippen MR) is 122 cm³/mol. The number of nitrogens with zero attached hydrogens (tertiary/aromatic N) is 4. The summed E-state index contributed by atoms with van der Waals surface area (Å²) in [6.07, 6.45) is 3.03. The number of anilines is 1. The molecule has 0 bridgehead atoms. The van der Waals surface area contributed by atoms with Crippen molar-refractivity contribution in [1.82, 2.24) is 19.3 Å². The van der Waals surface area contributed by atoms with Crippen molar-refractivity contribution in [3.05, 3.63) is 59.8 Å². The first kappa shape index (κ1) is 22.4. The lowest BCUT2D eigenvalue weighted by Crippen LogP contribution is -2.26. The largest absolute Gasteiger partial charge is 0.491 e. The van der Waals surface area contributed by atoms with Gasteiger partial charge in [0.25, 0.3) is 5.91 Å². The maximum absolute atomic E-state index is 12.7. The van der Waals surface area contributed by atoms with Crippen molar-refractivity contribution in [3.63, 3.8) is 0 Å². The molecule has 1 amide bonds. The fourth-order valence-corrected chi connectivity index (χ4v) is 3.88. The molecule has 33 heavy (non-hydrogen) atoms. The number of aromatic nitrogens is 3. The van der Waals surface area contributed by atoms with E-state index in [9.17, 15) is 13.2 Å². The number of carbonyl (C=O) groups is 1. The molecule has 0 saturated heterocycles. The quantitative estimate of drug-likeness (QED) is 0.466. The highest BCUT2D eigenvalue weighted by atomic mass is 32.2. The summed E-state index contributed by atoms with van der Waals surface area (Å²) in [6, 6.07) is 6.85. The lowest BCUT2D eigenvalue weighted by molar-refractivity contribution is 0.0996. The number of pyridine rings is 1. The van der Waals surface area contributed by atoms with E-state index < -0.39 is 15.9 Å². The van der Waals surface area contributed by atoms with Crippen molar-refractivity contribution in [2.24, 2.45) is 4.99 Å². The second kappa shape index (κ2) is 9.38. The molecule has 1 aromatic carbocycles. The summed E-state index contributed by atoms with van der Waals surface area (Å²) in [7, 11) is -2.06. The molecule has 3 heterocycles. The molecule has 0 spiro atoms. The van der Waals surface area contributed by atoms with E-state index in [2.05, 4.69) is 31.6 Å². The number of rotatable bonds is 8. The van der Waals surface area contributed by atoms with Crippen LogP contribution in [0.15, 0.2) is 53.6 Å². The van der Waals surface area contributed by atoms with Crippen LogP contribution in [0.2, 0.25) is 0 Å². The second-order valence-electron chi connectivity index (χ2n) is 6.95. The zero-order valence-electron chi connectivity index (χ0n) is 17.8. The van der Waals surface area contributed by atoms with Crippen molar-refractivity contribution in [2.75, 3.05) is 32.1 Å². The summed E-state index contributed by atoms with van der Waals surface area (Å²) >= 11 is 0. The van der Waals surface area contributed by atoms with Gasteiger partial charge in [0.1, 0.15) is 17.9 Å². The molecule has 3 aromatic rings. The van der Waals surface area contributed by atoms with Crippen LogP contribution in [0, 0.1) is 0 Å². The second-order valence-corrected chi connectivity index (χ2v) is 8.66. The van der Waals surface area contributed by atoms with Gasteiger partial charge < -0.3 is 14.8 Å². The van der Waals surface area contributed by atoms with Crippen molar-refractivity contribution < 1.29 is 22.7 Å². The fraction of sp³-hybridized carbons (Fsp3) is 0.238. The van der Waals surface area contributed by atoms with Crippen LogP contribution in [-0.4, -0.2) is 55.7 Å². The van der Waals surface area contributed by atoms with Crippen molar-refractivity contribution in [1.29, 1.82) is 0 Å². The molecule has 2 aromatic heterocycles. The van der Waals surface area contributed by atoms with Gasteiger partial charge >= 0.3 is 0 Å². The van der Waals surface area contributed by atoms with Crippen molar-refractivity contribution in [3.8, 4) is 11.5 Å². The first-order chi connectivity index (χ1) is 15.9. The molecule has 2 N–H and O–H groups in total. The Morgan fingerprint density at radius 3 is 2.97 bits per heavy atom. The minimum Gasteiger partial charge on any atom is -0.491 e. The van der Waals surface area contributed by atoms with E-state index in [1.807, 2.05) is 10.6 Å². The lowest BCUT2D eigenvalue weighted by Gasteiger charge is -2.15. The van der Waals surface area contributed by atoms with E-state index in [1.54, 1.807) is 24.4 Å². The Labute approximate surface area is 189 Å². The van der Waals surface area contributed by atoms with Gasteiger partial charge in [0.15, 0.2) is 11.5 Å².